The summed E-state index contributed by atoms with van der Waals surface area (Å²) in [5.41, 5.74) is 10.6. The van der Waals surface area contributed by atoms with E-state index in [2.05, 4.69) is 43.1 Å². The normalized spacial score (nSPS) is 10.9. The van der Waals surface area contributed by atoms with Gasteiger partial charge in [-0.25, -0.2) is 0 Å². The third-order valence-electron chi connectivity index (χ3n) is 3.03. The number of aromatic nitrogens is 1. The molecule has 0 aliphatic heterocycles. The van der Waals surface area contributed by atoms with E-state index in [1.54, 1.807) is 0 Å². The van der Waals surface area contributed by atoms with Crippen molar-refractivity contribution >= 4 is 0 Å². The molecule has 1 aromatic heterocycles. The van der Waals surface area contributed by atoms with Crippen LogP contribution < -0.4 is 5.73 Å². The Kier molecular flexibility index (Phi) is 4.11. The van der Waals surface area contributed by atoms with E-state index in [1.165, 1.54) is 16.7 Å². The van der Waals surface area contributed by atoms with Crippen LogP contribution in [0.2, 0.25) is 0 Å². The minimum absolute atomic E-state index is 0.525. The van der Waals surface area contributed by atoms with Crippen LogP contribution in [0.5, 0.6) is 0 Å². The van der Waals surface area contributed by atoms with E-state index in [1.807, 2.05) is 18.5 Å². The lowest BCUT2D eigenvalue weighted by Gasteiger charge is -2.09. The molecule has 94 valence electrons. The maximum Gasteiger partial charge on any atom is 0.0318 e. The summed E-state index contributed by atoms with van der Waals surface area (Å²) in [5, 5.41) is 0. The highest BCUT2D eigenvalue weighted by Gasteiger charge is 2.04. The van der Waals surface area contributed by atoms with Crippen LogP contribution in [0, 0.1) is 5.92 Å². The van der Waals surface area contributed by atoms with E-state index in [0.29, 0.717) is 12.5 Å². The van der Waals surface area contributed by atoms with Crippen molar-refractivity contribution in [1.82, 2.24) is 4.98 Å². The minimum Gasteiger partial charge on any atom is -0.326 e. The Morgan fingerprint density at radius 2 is 1.83 bits per heavy atom. The topological polar surface area (TPSA) is 38.9 Å². The van der Waals surface area contributed by atoms with E-state index in [4.69, 9.17) is 5.73 Å². The average Bonchev–Trinajstić information content (AvgIpc) is 2.39. The molecule has 0 bridgehead atoms. The molecule has 0 saturated carbocycles. The molecule has 0 radical (unpaired) electrons. The van der Waals surface area contributed by atoms with Gasteiger partial charge < -0.3 is 5.73 Å². The van der Waals surface area contributed by atoms with Crippen molar-refractivity contribution in [2.75, 3.05) is 0 Å². The molecule has 2 heteroatoms. The third kappa shape index (κ3) is 2.96. The molecule has 0 aliphatic carbocycles. The first-order valence-corrected chi connectivity index (χ1v) is 6.43. The van der Waals surface area contributed by atoms with Gasteiger partial charge in [0.15, 0.2) is 0 Å². The zero-order valence-corrected chi connectivity index (χ0v) is 11.1. The number of benzene rings is 1. The summed E-state index contributed by atoms with van der Waals surface area (Å²) < 4.78 is 0. The van der Waals surface area contributed by atoms with Gasteiger partial charge in [-0.05, 0) is 40.7 Å². The SMILES string of the molecule is CC(C)Cc1ccc(-c2ccncc2CN)cc1. The van der Waals surface area contributed by atoms with Crippen molar-refractivity contribution in [2.24, 2.45) is 11.7 Å². The van der Waals surface area contributed by atoms with Gasteiger partial charge in [-0.3, -0.25) is 4.98 Å². The second-order valence-corrected chi connectivity index (χ2v) is 5.03. The summed E-state index contributed by atoms with van der Waals surface area (Å²) in [4.78, 5) is 4.12. The molecule has 2 rings (SSSR count). The summed E-state index contributed by atoms with van der Waals surface area (Å²) in [6, 6.07) is 10.8. The number of nitrogens with zero attached hydrogens (tertiary/aromatic N) is 1. The molecule has 2 nitrogen and oxygen atoms in total. The summed E-state index contributed by atoms with van der Waals surface area (Å²) in [6.45, 7) is 5.00. The maximum atomic E-state index is 5.74. The first kappa shape index (κ1) is 12.8. The molecule has 0 saturated heterocycles. The van der Waals surface area contributed by atoms with Crippen LogP contribution >= 0.6 is 0 Å². The molecule has 2 N–H and O–H groups in total. The summed E-state index contributed by atoms with van der Waals surface area (Å²) in [7, 11) is 0. The average molecular weight is 240 g/mol. The van der Waals surface area contributed by atoms with Gasteiger partial charge in [0.05, 0.1) is 0 Å². The quantitative estimate of drug-likeness (QED) is 0.889. The molecule has 0 fully saturated rings. The minimum atomic E-state index is 0.525. The maximum absolute atomic E-state index is 5.74. The summed E-state index contributed by atoms with van der Waals surface area (Å²) in [6.07, 6.45) is 4.79. The molecule has 1 heterocycles. The van der Waals surface area contributed by atoms with Gasteiger partial charge in [0, 0.05) is 18.9 Å². The third-order valence-corrected chi connectivity index (χ3v) is 3.03. The lowest BCUT2D eigenvalue weighted by atomic mass is 9.97. The predicted molar refractivity (Wildman–Crippen MR) is 76.1 cm³/mol. The van der Waals surface area contributed by atoms with Crippen molar-refractivity contribution < 1.29 is 0 Å². The highest BCUT2D eigenvalue weighted by atomic mass is 14.6. The van der Waals surface area contributed by atoms with Crippen molar-refractivity contribution in [3.05, 3.63) is 53.9 Å². The Balaban J connectivity index is 2.28. The van der Waals surface area contributed by atoms with E-state index in [-0.39, 0.29) is 0 Å². The molecular formula is C16H20N2. The molecule has 2 aromatic rings. The standard InChI is InChI=1S/C16H20N2/c1-12(2)9-13-3-5-14(6-4-13)16-7-8-18-11-15(16)10-17/h3-8,11-12H,9-10,17H2,1-2H3. The molecular weight excluding hydrogens is 220 g/mol. The van der Waals surface area contributed by atoms with E-state index in [9.17, 15) is 0 Å². The number of pyridine rings is 1. The lowest BCUT2D eigenvalue weighted by Crippen LogP contribution is -1.99. The van der Waals surface area contributed by atoms with Crippen LogP contribution in [0.1, 0.15) is 25.0 Å². The van der Waals surface area contributed by atoms with Crippen molar-refractivity contribution in [2.45, 2.75) is 26.8 Å². The monoisotopic (exact) mass is 240 g/mol. The Hall–Kier alpha value is -1.67. The van der Waals surface area contributed by atoms with E-state index in [0.717, 1.165) is 12.0 Å². The van der Waals surface area contributed by atoms with Crippen LogP contribution in [0.3, 0.4) is 0 Å². The molecule has 1 aromatic carbocycles. The van der Waals surface area contributed by atoms with Crippen LogP contribution in [-0.4, -0.2) is 4.98 Å². The molecule has 18 heavy (non-hydrogen) atoms. The number of hydrogen-bond donors (Lipinski definition) is 1. The van der Waals surface area contributed by atoms with E-state index < -0.39 is 0 Å². The molecule has 0 amide bonds. The Labute approximate surface area is 109 Å². The van der Waals surface area contributed by atoms with Crippen LogP contribution in [-0.2, 0) is 13.0 Å². The zero-order chi connectivity index (χ0) is 13.0. The van der Waals surface area contributed by atoms with E-state index >= 15 is 0 Å². The van der Waals surface area contributed by atoms with Crippen molar-refractivity contribution in [3.63, 3.8) is 0 Å². The highest BCUT2D eigenvalue weighted by molar-refractivity contribution is 5.66. The van der Waals surface area contributed by atoms with Gasteiger partial charge in [-0.2, -0.15) is 0 Å². The van der Waals surface area contributed by atoms with Crippen molar-refractivity contribution in [3.8, 4) is 11.1 Å². The van der Waals surface area contributed by atoms with Crippen LogP contribution in [0.15, 0.2) is 42.7 Å². The highest BCUT2D eigenvalue weighted by Crippen LogP contribution is 2.23. The molecule has 0 spiro atoms. The fourth-order valence-corrected chi connectivity index (χ4v) is 2.16. The van der Waals surface area contributed by atoms with Crippen LogP contribution in [0.25, 0.3) is 11.1 Å². The smallest absolute Gasteiger partial charge is 0.0318 e. The Bertz CT molecular complexity index is 501. The lowest BCUT2D eigenvalue weighted by molar-refractivity contribution is 0.647. The van der Waals surface area contributed by atoms with Gasteiger partial charge in [0.25, 0.3) is 0 Å². The van der Waals surface area contributed by atoms with Gasteiger partial charge >= 0.3 is 0 Å². The number of hydrogen-bond acceptors (Lipinski definition) is 2. The van der Waals surface area contributed by atoms with Crippen molar-refractivity contribution in [1.29, 1.82) is 0 Å². The van der Waals surface area contributed by atoms with Gasteiger partial charge in [0.1, 0.15) is 0 Å². The van der Waals surface area contributed by atoms with Crippen LogP contribution in [0.4, 0.5) is 0 Å². The fraction of sp³-hybridized carbons (Fsp3) is 0.312. The van der Waals surface area contributed by atoms with Gasteiger partial charge in [-0.1, -0.05) is 38.1 Å². The predicted octanol–water partition coefficient (Wildman–Crippen LogP) is 3.41. The van der Waals surface area contributed by atoms with Gasteiger partial charge in [-0.15, -0.1) is 0 Å². The summed E-state index contributed by atoms with van der Waals surface area (Å²) in [5.74, 6) is 0.691. The first-order valence-electron chi connectivity index (χ1n) is 6.43. The molecule has 0 atom stereocenters. The number of nitrogens with two attached hydrogens (primary N) is 1. The first-order chi connectivity index (χ1) is 8.70. The second-order valence-electron chi connectivity index (χ2n) is 5.03. The Morgan fingerprint density at radius 1 is 1.11 bits per heavy atom. The zero-order valence-electron chi connectivity index (χ0n) is 11.1. The molecule has 0 unspecified atom stereocenters. The largest absolute Gasteiger partial charge is 0.326 e. The second kappa shape index (κ2) is 5.78. The number of rotatable bonds is 4. The Morgan fingerprint density at radius 3 is 2.44 bits per heavy atom. The molecule has 0 aliphatic rings. The van der Waals surface area contributed by atoms with Gasteiger partial charge in [0.2, 0.25) is 0 Å². The fourth-order valence-electron chi connectivity index (χ4n) is 2.16. The summed E-state index contributed by atoms with van der Waals surface area (Å²) >= 11 is 0.